The molecule has 2 aromatic carbocycles. The van der Waals surface area contributed by atoms with Crippen LogP contribution in [0.5, 0.6) is 0 Å². The van der Waals surface area contributed by atoms with E-state index in [0.717, 1.165) is 11.0 Å². The lowest BCUT2D eigenvalue weighted by atomic mass is 9.78. The fraction of sp³-hybridized carbons (Fsp3) is 0.346. The molecule has 30 heavy (non-hydrogen) atoms. The molecule has 1 aromatic heterocycles. The summed E-state index contributed by atoms with van der Waals surface area (Å²) in [6.07, 6.45) is 3.77. The first kappa shape index (κ1) is 19.5. The van der Waals surface area contributed by atoms with E-state index in [0.29, 0.717) is 0 Å². The van der Waals surface area contributed by atoms with Crippen molar-refractivity contribution in [2.45, 2.75) is 58.2 Å². The van der Waals surface area contributed by atoms with Gasteiger partial charge in [0, 0.05) is 23.3 Å². The van der Waals surface area contributed by atoms with Gasteiger partial charge in [0.2, 0.25) is 0 Å². The van der Waals surface area contributed by atoms with Gasteiger partial charge in [0.25, 0.3) is 0 Å². The van der Waals surface area contributed by atoms with Gasteiger partial charge in [-0.2, -0.15) is 0 Å². The molecule has 5 rings (SSSR count). The van der Waals surface area contributed by atoms with Gasteiger partial charge in [0.05, 0.1) is 11.2 Å². The summed E-state index contributed by atoms with van der Waals surface area (Å²) >= 11 is 0. The van der Waals surface area contributed by atoms with Crippen molar-refractivity contribution in [3.05, 3.63) is 72.1 Å². The van der Waals surface area contributed by atoms with Gasteiger partial charge in [0.1, 0.15) is 0 Å². The Labute approximate surface area is 179 Å². The highest BCUT2D eigenvalue weighted by molar-refractivity contribution is 6.62. The lowest BCUT2D eigenvalue weighted by molar-refractivity contribution is 0.00578. The maximum atomic E-state index is 6.23. The van der Waals surface area contributed by atoms with E-state index >= 15 is 0 Å². The van der Waals surface area contributed by atoms with Gasteiger partial charge in [-0.15, -0.1) is 0 Å². The van der Waals surface area contributed by atoms with Crippen LogP contribution in [0.25, 0.3) is 22.3 Å². The van der Waals surface area contributed by atoms with Crippen LogP contribution in [0.1, 0.15) is 52.7 Å². The Hall–Kier alpha value is -2.43. The Morgan fingerprint density at radius 1 is 0.700 bits per heavy atom. The third-order valence-corrected chi connectivity index (χ3v) is 7.20. The van der Waals surface area contributed by atoms with Crippen molar-refractivity contribution < 1.29 is 9.31 Å². The number of fused-ring (bicyclic) bond motifs is 3. The van der Waals surface area contributed by atoms with Crippen molar-refractivity contribution in [2.24, 2.45) is 0 Å². The fourth-order valence-electron chi connectivity index (χ4n) is 4.61. The SMILES string of the molecule is CC1(C)c2ccccc2-c2ccc(-c3cncc(B4OC(C)(C)C(C)(C)O4)c3)cc21. The number of hydrogen-bond donors (Lipinski definition) is 0. The zero-order chi connectivity index (χ0) is 21.3. The molecule has 0 spiro atoms. The molecule has 1 aliphatic heterocycles. The largest absolute Gasteiger partial charge is 0.496 e. The minimum Gasteiger partial charge on any atom is -0.399 e. The van der Waals surface area contributed by atoms with Gasteiger partial charge in [-0.05, 0) is 67.1 Å². The third kappa shape index (κ3) is 2.78. The molecule has 0 bridgehead atoms. The van der Waals surface area contributed by atoms with E-state index in [1.165, 1.54) is 27.8 Å². The summed E-state index contributed by atoms with van der Waals surface area (Å²) in [5, 5.41) is 0. The average Bonchev–Trinajstić information content (AvgIpc) is 3.08. The third-order valence-electron chi connectivity index (χ3n) is 7.20. The summed E-state index contributed by atoms with van der Waals surface area (Å²) < 4.78 is 12.5. The second-order valence-corrected chi connectivity index (χ2v) is 10.0. The molecule has 0 N–H and O–H groups in total. The molecular formula is C26H28BNO2. The van der Waals surface area contributed by atoms with Gasteiger partial charge in [0.15, 0.2) is 0 Å². The highest BCUT2D eigenvalue weighted by Gasteiger charge is 2.51. The highest BCUT2D eigenvalue weighted by Crippen LogP contribution is 2.49. The number of rotatable bonds is 2. The van der Waals surface area contributed by atoms with E-state index in [9.17, 15) is 0 Å². The summed E-state index contributed by atoms with van der Waals surface area (Å²) in [6.45, 7) is 12.9. The number of pyridine rings is 1. The number of benzene rings is 2. The van der Waals surface area contributed by atoms with E-state index in [2.05, 4.69) is 95.1 Å². The molecule has 4 heteroatoms. The molecule has 2 heterocycles. The van der Waals surface area contributed by atoms with Crippen LogP contribution in [0.2, 0.25) is 0 Å². The van der Waals surface area contributed by atoms with E-state index < -0.39 is 7.12 Å². The Bertz CT molecular complexity index is 1130. The lowest BCUT2D eigenvalue weighted by Gasteiger charge is -2.32. The van der Waals surface area contributed by atoms with Crippen LogP contribution in [0.4, 0.5) is 0 Å². The molecule has 0 amide bonds. The molecule has 152 valence electrons. The van der Waals surface area contributed by atoms with E-state index in [1.807, 2.05) is 12.4 Å². The monoisotopic (exact) mass is 397 g/mol. The zero-order valence-corrected chi connectivity index (χ0v) is 18.6. The first-order valence-corrected chi connectivity index (χ1v) is 10.7. The molecule has 3 aromatic rings. The Balaban J connectivity index is 1.53. The summed E-state index contributed by atoms with van der Waals surface area (Å²) in [5.74, 6) is 0. The van der Waals surface area contributed by atoms with Gasteiger partial charge in [-0.25, -0.2) is 0 Å². The molecular weight excluding hydrogens is 369 g/mol. The molecule has 1 aliphatic carbocycles. The number of aromatic nitrogens is 1. The molecule has 0 radical (unpaired) electrons. The Kier molecular flexibility index (Phi) is 4.09. The summed E-state index contributed by atoms with van der Waals surface area (Å²) in [4.78, 5) is 4.51. The van der Waals surface area contributed by atoms with E-state index in [-0.39, 0.29) is 16.6 Å². The van der Waals surface area contributed by atoms with Gasteiger partial charge in [-0.1, -0.05) is 56.3 Å². The molecule has 3 nitrogen and oxygen atoms in total. The van der Waals surface area contributed by atoms with Crippen molar-refractivity contribution in [3.8, 4) is 22.3 Å². The quantitative estimate of drug-likeness (QED) is 0.546. The summed E-state index contributed by atoms with van der Waals surface area (Å²) in [7, 11) is -0.405. The fourth-order valence-corrected chi connectivity index (χ4v) is 4.61. The van der Waals surface area contributed by atoms with Gasteiger partial charge in [-0.3, -0.25) is 4.98 Å². The molecule has 1 saturated heterocycles. The predicted molar refractivity (Wildman–Crippen MR) is 123 cm³/mol. The normalized spacial score (nSPS) is 20.1. The van der Waals surface area contributed by atoms with Crippen LogP contribution >= 0.6 is 0 Å². The van der Waals surface area contributed by atoms with Crippen molar-refractivity contribution in [3.63, 3.8) is 0 Å². The molecule has 0 saturated carbocycles. The van der Waals surface area contributed by atoms with Gasteiger partial charge >= 0.3 is 7.12 Å². The van der Waals surface area contributed by atoms with Crippen molar-refractivity contribution in [1.29, 1.82) is 0 Å². The first-order valence-electron chi connectivity index (χ1n) is 10.7. The number of hydrogen-bond acceptors (Lipinski definition) is 3. The molecule has 2 aliphatic rings. The second kappa shape index (κ2) is 6.29. The number of nitrogens with zero attached hydrogens (tertiary/aromatic N) is 1. The van der Waals surface area contributed by atoms with Gasteiger partial charge < -0.3 is 9.31 Å². The standard InChI is InChI=1S/C26H28BNO2/c1-24(2)22-10-8-7-9-20(22)21-12-11-17(14-23(21)24)18-13-19(16-28-15-18)27-29-25(3,4)26(5,6)30-27/h7-16H,1-6H3. The average molecular weight is 397 g/mol. The molecule has 0 atom stereocenters. The minimum absolute atomic E-state index is 0.0152. The second-order valence-electron chi connectivity index (χ2n) is 10.0. The van der Waals surface area contributed by atoms with Crippen LogP contribution in [0.3, 0.4) is 0 Å². The Morgan fingerprint density at radius 2 is 1.37 bits per heavy atom. The van der Waals surface area contributed by atoms with Crippen LogP contribution in [-0.2, 0) is 14.7 Å². The highest BCUT2D eigenvalue weighted by atomic mass is 16.7. The topological polar surface area (TPSA) is 31.4 Å². The van der Waals surface area contributed by atoms with Crippen molar-refractivity contribution in [1.82, 2.24) is 4.98 Å². The summed E-state index contributed by atoms with van der Waals surface area (Å²) in [6, 6.07) is 17.6. The molecule has 1 fully saturated rings. The van der Waals surface area contributed by atoms with Crippen LogP contribution in [0.15, 0.2) is 60.9 Å². The smallest absolute Gasteiger partial charge is 0.399 e. The maximum absolute atomic E-state index is 6.23. The van der Waals surface area contributed by atoms with Crippen molar-refractivity contribution >= 4 is 12.6 Å². The summed E-state index contributed by atoms with van der Waals surface area (Å²) in [5.41, 5.74) is 7.88. The predicted octanol–water partition coefficient (Wildman–Crippen LogP) is 5.35. The van der Waals surface area contributed by atoms with Crippen LogP contribution in [-0.4, -0.2) is 23.3 Å². The van der Waals surface area contributed by atoms with E-state index in [1.54, 1.807) is 0 Å². The molecule has 0 unspecified atom stereocenters. The van der Waals surface area contributed by atoms with E-state index in [4.69, 9.17) is 9.31 Å². The van der Waals surface area contributed by atoms with Crippen LogP contribution in [0, 0.1) is 0 Å². The lowest BCUT2D eigenvalue weighted by Crippen LogP contribution is -2.41. The minimum atomic E-state index is -0.405. The first-order chi connectivity index (χ1) is 14.1. The Morgan fingerprint density at radius 3 is 2.10 bits per heavy atom. The van der Waals surface area contributed by atoms with Crippen LogP contribution < -0.4 is 5.46 Å². The van der Waals surface area contributed by atoms with Crippen molar-refractivity contribution in [2.75, 3.05) is 0 Å². The maximum Gasteiger partial charge on any atom is 0.496 e. The zero-order valence-electron chi connectivity index (χ0n) is 18.6.